The van der Waals surface area contributed by atoms with Crippen molar-refractivity contribution in [1.29, 1.82) is 0 Å². The van der Waals surface area contributed by atoms with Crippen molar-refractivity contribution in [3.63, 3.8) is 0 Å². The monoisotopic (exact) mass is 225 g/mol. The summed E-state index contributed by atoms with van der Waals surface area (Å²) in [5.41, 5.74) is 0. The number of hydrogen-bond donors (Lipinski definition) is 1. The number of rotatable bonds is 2. The lowest BCUT2D eigenvalue weighted by Gasteiger charge is -2.29. The molecule has 0 saturated carbocycles. The van der Waals surface area contributed by atoms with E-state index in [-0.39, 0.29) is 26.1 Å². The molecule has 1 saturated heterocycles. The normalized spacial score (nSPS) is 27.5. The molecule has 0 aliphatic carbocycles. The Kier molecular flexibility index (Phi) is 3.96. The van der Waals surface area contributed by atoms with Gasteiger partial charge in [0.1, 0.15) is 0 Å². The Morgan fingerprint density at radius 1 is 1.47 bits per heavy atom. The Hall–Kier alpha value is -0.780. The van der Waals surface area contributed by atoms with Gasteiger partial charge >= 0.3 is 12.1 Å². The van der Waals surface area contributed by atoms with E-state index >= 15 is 0 Å². The highest BCUT2D eigenvalue weighted by atomic mass is 19.4. The number of halogens is 3. The molecule has 0 unspecified atom stereocenters. The maximum atomic E-state index is 12.4. The predicted molar refractivity (Wildman–Crippen MR) is 47.2 cm³/mol. The molecule has 1 aliphatic rings. The Balaban J connectivity index is 2.52. The van der Waals surface area contributed by atoms with Crippen molar-refractivity contribution >= 4 is 5.97 Å². The minimum absolute atomic E-state index is 0.112. The molecule has 0 aromatic heterocycles. The number of ether oxygens (including phenoxy) is 1. The third kappa shape index (κ3) is 3.37. The average molecular weight is 225 g/mol. The lowest BCUT2D eigenvalue weighted by Crippen LogP contribution is -2.45. The fourth-order valence-corrected chi connectivity index (χ4v) is 1.63. The first-order valence-electron chi connectivity index (χ1n) is 4.89. The van der Waals surface area contributed by atoms with Gasteiger partial charge in [0.15, 0.2) is 0 Å². The molecule has 0 aromatic carbocycles. The second kappa shape index (κ2) is 4.83. The SMILES string of the molecule is CCOC(=O)[C@@H]1CNC[C@@H](C(F)(F)F)C1. The largest absolute Gasteiger partial charge is 0.466 e. The topological polar surface area (TPSA) is 38.3 Å². The van der Waals surface area contributed by atoms with Crippen molar-refractivity contribution < 1.29 is 22.7 Å². The number of carbonyl (C=O) groups is 1. The standard InChI is InChI=1S/C9H14F3NO2/c1-2-15-8(14)6-3-7(5-13-4-6)9(10,11)12/h6-7,13H,2-5H2,1H3/t6-,7-/m0/s1. The molecule has 1 N–H and O–H groups in total. The van der Waals surface area contributed by atoms with E-state index in [4.69, 9.17) is 4.74 Å². The molecule has 0 aromatic rings. The fraction of sp³-hybridized carbons (Fsp3) is 0.889. The first-order valence-corrected chi connectivity index (χ1v) is 4.89. The van der Waals surface area contributed by atoms with Crippen LogP contribution in [0.2, 0.25) is 0 Å². The van der Waals surface area contributed by atoms with Crippen molar-refractivity contribution in [2.45, 2.75) is 19.5 Å². The summed E-state index contributed by atoms with van der Waals surface area (Å²) in [6.07, 6.45) is -4.41. The van der Waals surface area contributed by atoms with Gasteiger partial charge in [-0.3, -0.25) is 4.79 Å². The van der Waals surface area contributed by atoms with Crippen LogP contribution in [0.15, 0.2) is 0 Å². The van der Waals surface area contributed by atoms with E-state index in [0.717, 1.165) is 0 Å². The molecule has 0 amide bonds. The summed E-state index contributed by atoms with van der Waals surface area (Å²) in [6.45, 7) is 1.99. The second-order valence-corrected chi connectivity index (χ2v) is 3.58. The zero-order valence-corrected chi connectivity index (χ0v) is 8.43. The average Bonchev–Trinajstić information content (AvgIpc) is 2.17. The summed E-state index contributed by atoms with van der Waals surface area (Å²) in [7, 11) is 0. The Bertz CT molecular complexity index is 230. The zero-order chi connectivity index (χ0) is 11.5. The number of esters is 1. The van der Waals surface area contributed by atoms with Crippen molar-refractivity contribution in [1.82, 2.24) is 5.32 Å². The lowest BCUT2D eigenvalue weighted by atomic mass is 9.90. The molecule has 0 radical (unpaired) electrons. The van der Waals surface area contributed by atoms with Crippen LogP contribution in [0.1, 0.15) is 13.3 Å². The van der Waals surface area contributed by atoms with Gasteiger partial charge in [0, 0.05) is 13.1 Å². The molecule has 1 rings (SSSR count). The minimum Gasteiger partial charge on any atom is -0.466 e. The second-order valence-electron chi connectivity index (χ2n) is 3.58. The molecular formula is C9H14F3NO2. The van der Waals surface area contributed by atoms with Gasteiger partial charge in [-0.2, -0.15) is 13.2 Å². The van der Waals surface area contributed by atoms with Gasteiger partial charge in [-0.05, 0) is 13.3 Å². The Labute approximate surface area is 86.0 Å². The summed E-state index contributed by atoms with van der Waals surface area (Å²) in [5.74, 6) is -2.66. The summed E-state index contributed by atoms with van der Waals surface area (Å²) in [6, 6.07) is 0. The van der Waals surface area contributed by atoms with Gasteiger partial charge in [-0.25, -0.2) is 0 Å². The number of alkyl halides is 3. The zero-order valence-electron chi connectivity index (χ0n) is 8.43. The van der Waals surface area contributed by atoms with Crippen LogP contribution in [0.25, 0.3) is 0 Å². The summed E-state index contributed by atoms with van der Waals surface area (Å²) < 4.78 is 41.8. The molecule has 1 aliphatic heterocycles. The van der Waals surface area contributed by atoms with Gasteiger partial charge in [0.2, 0.25) is 0 Å². The van der Waals surface area contributed by atoms with Crippen LogP contribution in [0.4, 0.5) is 13.2 Å². The first-order chi connectivity index (χ1) is 6.95. The molecule has 1 heterocycles. The fourth-order valence-electron chi connectivity index (χ4n) is 1.63. The maximum Gasteiger partial charge on any atom is 0.393 e. The summed E-state index contributed by atoms with van der Waals surface area (Å²) in [4.78, 5) is 11.2. The van der Waals surface area contributed by atoms with E-state index in [9.17, 15) is 18.0 Å². The number of nitrogens with one attached hydrogen (secondary N) is 1. The van der Waals surface area contributed by atoms with Crippen LogP contribution in [-0.2, 0) is 9.53 Å². The van der Waals surface area contributed by atoms with Gasteiger partial charge in [0.05, 0.1) is 18.4 Å². The molecule has 6 heteroatoms. The third-order valence-electron chi connectivity index (χ3n) is 2.43. The van der Waals surface area contributed by atoms with E-state index in [1.807, 2.05) is 0 Å². The van der Waals surface area contributed by atoms with E-state index < -0.39 is 24.0 Å². The van der Waals surface area contributed by atoms with Crippen molar-refractivity contribution in [2.24, 2.45) is 11.8 Å². The molecule has 0 bridgehead atoms. The van der Waals surface area contributed by atoms with Crippen molar-refractivity contribution in [3.05, 3.63) is 0 Å². The quantitative estimate of drug-likeness (QED) is 0.721. The summed E-state index contributed by atoms with van der Waals surface area (Å²) in [5, 5.41) is 2.61. The van der Waals surface area contributed by atoms with Gasteiger partial charge in [-0.15, -0.1) is 0 Å². The van der Waals surface area contributed by atoms with Crippen LogP contribution in [-0.4, -0.2) is 31.8 Å². The van der Waals surface area contributed by atoms with E-state index in [0.29, 0.717) is 0 Å². The van der Waals surface area contributed by atoms with Crippen LogP contribution in [0, 0.1) is 11.8 Å². The Morgan fingerprint density at radius 2 is 2.13 bits per heavy atom. The van der Waals surface area contributed by atoms with Crippen molar-refractivity contribution in [3.8, 4) is 0 Å². The van der Waals surface area contributed by atoms with Crippen LogP contribution in [0.3, 0.4) is 0 Å². The van der Waals surface area contributed by atoms with E-state index in [1.54, 1.807) is 6.92 Å². The molecule has 15 heavy (non-hydrogen) atoms. The molecule has 0 spiro atoms. The third-order valence-corrected chi connectivity index (χ3v) is 2.43. The van der Waals surface area contributed by atoms with Gasteiger partial charge in [-0.1, -0.05) is 0 Å². The van der Waals surface area contributed by atoms with Gasteiger partial charge < -0.3 is 10.1 Å². The molecular weight excluding hydrogens is 211 g/mol. The molecule has 3 nitrogen and oxygen atoms in total. The Morgan fingerprint density at radius 3 is 2.67 bits per heavy atom. The van der Waals surface area contributed by atoms with Crippen LogP contribution >= 0.6 is 0 Å². The number of hydrogen-bond acceptors (Lipinski definition) is 3. The maximum absolute atomic E-state index is 12.4. The van der Waals surface area contributed by atoms with E-state index in [1.165, 1.54) is 0 Å². The minimum atomic E-state index is -4.24. The van der Waals surface area contributed by atoms with Crippen LogP contribution < -0.4 is 5.32 Å². The number of piperidine rings is 1. The molecule has 2 atom stereocenters. The van der Waals surface area contributed by atoms with Gasteiger partial charge in [0.25, 0.3) is 0 Å². The van der Waals surface area contributed by atoms with Crippen molar-refractivity contribution in [2.75, 3.05) is 19.7 Å². The predicted octanol–water partition coefficient (Wildman–Crippen LogP) is 1.34. The van der Waals surface area contributed by atoms with Crippen LogP contribution in [0.5, 0.6) is 0 Å². The highest BCUT2D eigenvalue weighted by molar-refractivity contribution is 5.72. The molecule has 88 valence electrons. The summed E-state index contributed by atoms with van der Waals surface area (Å²) >= 11 is 0. The molecule has 1 fully saturated rings. The first kappa shape index (κ1) is 12.3. The number of carbonyl (C=O) groups excluding carboxylic acids is 1. The highest BCUT2D eigenvalue weighted by Gasteiger charge is 2.43. The van der Waals surface area contributed by atoms with E-state index in [2.05, 4.69) is 5.32 Å². The smallest absolute Gasteiger partial charge is 0.393 e. The highest BCUT2D eigenvalue weighted by Crippen LogP contribution is 2.33. The lowest BCUT2D eigenvalue weighted by molar-refractivity contribution is -0.185.